The second-order valence-corrected chi connectivity index (χ2v) is 4.46. The largest absolute Gasteiger partial charge is 0.383 e. The van der Waals surface area contributed by atoms with Gasteiger partial charge in [-0.05, 0) is 5.92 Å². The Balaban J connectivity index is 2.62. The first-order valence-corrected chi connectivity index (χ1v) is 5.68. The van der Waals surface area contributed by atoms with Crippen LogP contribution >= 0.6 is 0 Å². The lowest BCUT2D eigenvalue weighted by atomic mass is 10.1. The summed E-state index contributed by atoms with van der Waals surface area (Å²) in [5.74, 6) is 1.04. The maximum atomic E-state index is 11.8. The number of carbonyl (C=O) groups excluding carboxylic acids is 1. The van der Waals surface area contributed by atoms with Crippen molar-refractivity contribution in [2.24, 2.45) is 11.7 Å². The van der Waals surface area contributed by atoms with Crippen LogP contribution in [0.15, 0.2) is 6.33 Å². The molecular weight excluding hydrogens is 220 g/mol. The summed E-state index contributed by atoms with van der Waals surface area (Å²) >= 11 is 0. The fraction of sp³-hybridized carbons (Fsp3) is 0.727. The summed E-state index contributed by atoms with van der Waals surface area (Å²) in [4.78, 5) is 15.8. The first-order valence-electron chi connectivity index (χ1n) is 5.68. The van der Waals surface area contributed by atoms with E-state index >= 15 is 0 Å². The van der Waals surface area contributed by atoms with E-state index in [2.05, 4.69) is 23.9 Å². The van der Waals surface area contributed by atoms with Crippen molar-refractivity contribution >= 4 is 5.78 Å². The Morgan fingerprint density at radius 1 is 1.59 bits per heavy atom. The molecule has 0 bridgehead atoms. The van der Waals surface area contributed by atoms with Crippen molar-refractivity contribution in [1.82, 2.24) is 14.8 Å². The van der Waals surface area contributed by atoms with E-state index < -0.39 is 6.04 Å². The molecule has 0 amide bonds. The van der Waals surface area contributed by atoms with Crippen LogP contribution < -0.4 is 5.73 Å². The number of aromatic nitrogens is 3. The molecule has 6 nitrogen and oxygen atoms in total. The summed E-state index contributed by atoms with van der Waals surface area (Å²) < 4.78 is 6.60. The van der Waals surface area contributed by atoms with E-state index in [-0.39, 0.29) is 18.8 Å². The molecule has 0 fully saturated rings. The number of methoxy groups -OCH3 is 1. The predicted molar refractivity (Wildman–Crippen MR) is 63.4 cm³/mol. The first-order chi connectivity index (χ1) is 8.04. The Bertz CT molecular complexity index is 362. The highest BCUT2D eigenvalue weighted by Gasteiger charge is 2.17. The van der Waals surface area contributed by atoms with E-state index in [9.17, 15) is 4.79 Å². The Hall–Kier alpha value is -1.27. The molecule has 1 unspecified atom stereocenters. The second kappa shape index (κ2) is 6.46. The van der Waals surface area contributed by atoms with Gasteiger partial charge in [-0.2, -0.15) is 5.10 Å². The molecule has 1 heterocycles. The van der Waals surface area contributed by atoms with Crippen molar-refractivity contribution in [2.45, 2.75) is 32.9 Å². The third kappa shape index (κ3) is 4.24. The van der Waals surface area contributed by atoms with E-state index in [1.807, 2.05) is 0 Å². The van der Waals surface area contributed by atoms with Crippen molar-refractivity contribution < 1.29 is 9.53 Å². The summed E-state index contributed by atoms with van der Waals surface area (Å²) in [6, 6.07) is -0.593. The normalized spacial score (nSPS) is 13.0. The Morgan fingerprint density at radius 2 is 2.29 bits per heavy atom. The van der Waals surface area contributed by atoms with Gasteiger partial charge in [0, 0.05) is 13.7 Å². The first kappa shape index (κ1) is 13.8. The smallest absolute Gasteiger partial charge is 0.159 e. The van der Waals surface area contributed by atoms with Gasteiger partial charge in [-0.1, -0.05) is 13.8 Å². The summed E-state index contributed by atoms with van der Waals surface area (Å²) in [5.41, 5.74) is 5.66. The summed E-state index contributed by atoms with van der Waals surface area (Å²) in [6.45, 7) is 5.16. The van der Waals surface area contributed by atoms with Gasteiger partial charge in [0.15, 0.2) is 5.78 Å². The van der Waals surface area contributed by atoms with Crippen molar-refractivity contribution in [1.29, 1.82) is 0 Å². The number of hydrogen-bond donors (Lipinski definition) is 1. The fourth-order valence-corrected chi connectivity index (χ4v) is 1.48. The summed E-state index contributed by atoms with van der Waals surface area (Å²) in [6.07, 6.45) is 1.67. The summed E-state index contributed by atoms with van der Waals surface area (Å²) in [5, 5.41) is 4.10. The third-order valence-corrected chi connectivity index (χ3v) is 2.33. The molecular formula is C11H20N4O2. The van der Waals surface area contributed by atoms with Crippen molar-refractivity contribution in [3.8, 4) is 0 Å². The molecule has 17 heavy (non-hydrogen) atoms. The van der Waals surface area contributed by atoms with Gasteiger partial charge < -0.3 is 10.5 Å². The van der Waals surface area contributed by atoms with Crippen LogP contribution in [0.1, 0.15) is 19.7 Å². The van der Waals surface area contributed by atoms with Gasteiger partial charge in [0.1, 0.15) is 12.2 Å². The SMILES string of the molecule is COCC(N)C(=O)Cc1ncnn1CC(C)C. The number of hydrogen-bond acceptors (Lipinski definition) is 5. The number of rotatable bonds is 7. The van der Waals surface area contributed by atoms with Crippen LogP contribution in [0, 0.1) is 5.92 Å². The van der Waals surface area contributed by atoms with Crippen molar-refractivity contribution in [3.63, 3.8) is 0 Å². The van der Waals surface area contributed by atoms with Crippen LogP contribution in [0.2, 0.25) is 0 Å². The van der Waals surface area contributed by atoms with E-state index in [0.717, 1.165) is 6.54 Å². The Morgan fingerprint density at radius 3 is 2.88 bits per heavy atom. The maximum Gasteiger partial charge on any atom is 0.159 e. The molecule has 1 aromatic heterocycles. The lowest BCUT2D eigenvalue weighted by Crippen LogP contribution is -2.36. The van der Waals surface area contributed by atoms with Gasteiger partial charge in [-0.15, -0.1) is 0 Å². The second-order valence-electron chi connectivity index (χ2n) is 4.46. The molecule has 0 aliphatic rings. The number of Topliss-reactive ketones (excluding diaryl/α,β-unsaturated/α-hetero) is 1. The number of nitrogens with two attached hydrogens (primary N) is 1. The molecule has 6 heteroatoms. The van der Waals surface area contributed by atoms with Crippen LogP contribution in [0.5, 0.6) is 0 Å². The van der Waals surface area contributed by atoms with E-state index in [0.29, 0.717) is 11.7 Å². The molecule has 0 aliphatic carbocycles. The topological polar surface area (TPSA) is 83.0 Å². The standard InChI is InChI=1S/C11H20N4O2/c1-8(2)5-15-11(13-7-14-15)4-10(16)9(12)6-17-3/h7-9H,4-6,12H2,1-3H3. The minimum absolute atomic E-state index is 0.0788. The van der Waals surface area contributed by atoms with Gasteiger partial charge in [-0.25, -0.2) is 9.67 Å². The van der Waals surface area contributed by atoms with E-state index in [4.69, 9.17) is 10.5 Å². The van der Waals surface area contributed by atoms with Crippen molar-refractivity contribution in [3.05, 3.63) is 12.2 Å². The zero-order chi connectivity index (χ0) is 12.8. The predicted octanol–water partition coefficient (Wildman–Crippen LogP) is 0.0194. The molecule has 0 aromatic carbocycles. The van der Waals surface area contributed by atoms with E-state index in [1.54, 1.807) is 4.68 Å². The van der Waals surface area contributed by atoms with Crippen LogP contribution in [0.3, 0.4) is 0 Å². The van der Waals surface area contributed by atoms with Crippen LogP contribution in [-0.4, -0.2) is 40.3 Å². The quantitative estimate of drug-likeness (QED) is 0.726. The average molecular weight is 240 g/mol. The minimum atomic E-state index is -0.593. The van der Waals surface area contributed by atoms with Gasteiger partial charge in [0.25, 0.3) is 0 Å². The highest BCUT2D eigenvalue weighted by Crippen LogP contribution is 2.03. The average Bonchev–Trinajstić information content (AvgIpc) is 2.65. The zero-order valence-corrected chi connectivity index (χ0v) is 10.6. The maximum absolute atomic E-state index is 11.8. The highest BCUT2D eigenvalue weighted by molar-refractivity contribution is 5.85. The molecule has 1 atom stereocenters. The van der Waals surface area contributed by atoms with Gasteiger partial charge in [-0.3, -0.25) is 4.79 Å². The van der Waals surface area contributed by atoms with Crippen molar-refractivity contribution in [2.75, 3.05) is 13.7 Å². The number of carbonyl (C=O) groups is 1. The zero-order valence-electron chi connectivity index (χ0n) is 10.6. The number of nitrogens with zero attached hydrogens (tertiary/aromatic N) is 3. The highest BCUT2D eigenvalue weighted by atomic mass is 16.5. The molecule has 1 aromatic rings. The molecule has 0 aliphatic heterocycles. The molecule has 1 rings (SSSR count). The van der Waals surface area contributed by atoms with Gasteiger partial charge >= 0.3 is 0 Å². The molecule has 96 valence electrons. The minimum Gasteiger partial charge on any atom is -0.383 e. The van der Waals surface area contributed by atoms with Crippen LogP contribution in [0.25, 0.3) is 0 Å². The monoisotopic (exact) mass is 240 g/mol. The van der Waals surface area contributed by atoms with Crippen LogP contribution in [-0.2, 0) is 22.5 Å². The molecule has 0 saturated carbocycles. The Labute approximate surface area is 101 Å². The number of ketones is 1. The summed E-state index contributed by atoms with van der Waals surface area (Å²) in [7, 11) is 1.52. The molecule has 0 spiro atoms. The third-order valence-electron chi connectivity index (χ3n) is 2.33. The molecule has 2 N–H and O–H groups in total. The lowest BCUT2D eigenvalue weighted by Gasteiger charge is -2.11. The van der Waals surface area contributed by atoms with Crippen LogP contribution in [0.4, 0.5) is 0 Å². The van der Waals surface area contributed by atoms with Gasteiger partial charge in [0.05, 0.1) is 19.1 Å². The number of ether oxygens (including phenoxy) is 1. The molecule has 0 saturated heterocycles. The van der Waals surface area contributed by atoms with E-state index in [1.165, 1.54) is 13.4 Å². The Kier molecular flexibility index (Phi) is 5.24. The van der Waals surface area contributed by atoms with Gasteiger partial charge in [0.2, 0.25) is 0 Å². The lowest BCUT2D eigenvalue weighted by molar-refractivity contribution is -0.120. The fourth-order valence-electron chi connectivity index (χ4n) is 1.48. The molecule has 0 radical (unpaired) electrons.